The predicted octanol–water partition coefficient (Wildman–Crippen LogP) is -0.465. The molecule has 0 spiro atoms. The normalized spacial score (nSPS) is 9.94. The van der Waals surface area contributed by atoms with Crippen LogP contribution in [0.4, 0.5) is 5.82 Å². The van der Waals surface area contributed by atoms with Crippen molar-refractivity contribution in [3.05, 3.63) is 12.3 Å². The summed E-state index contributed by atoms with van der Waals surface area (Å²) >= 11 is 0. The van der Waals surface area contributed by atoms with Crippen LogP contribution in [-0.4, -0.2) is 34.8 Å². The lowest BCUT2D eigenvalue weighted by Crippen LogP contribution is -2.30. The van der Waals surface area contributed by atoms with Crippen molar-refractivity contribution in [2.24, 2.45) is 0 Å². The van der Waals surface area contributed by atoms with Gasteiger partial charge in [-0.15, -0.1) is 0 Å². The van der Waals surface area contributed by atoms with Gasteiger partial charge in [-0.1, -0.05) is 0 Å². The number of nitrogens with two attached hydrogens (primary N) is 1. The lowest BCUT2D eigenvalue weighted by molar-refractivity contribution is -0.143. The number of hydrogen-bond acceptors (Lipinski definition) is 5. The monoisotopic (exact) mass is 240 g/mol. The Morgan fingerprint density at radius 1 is 1.59 bits per heavy atom. The number of esters is 1. The van der Waals surface area contributed by atoms with Crippen LogP contribution >= 0.6 is 0 Å². The number of anilines is 1. The summed E-state index contributed by atoms with van der Waals surface area (Å²) < 4.78 is 6.15. The van der Waals surface area contributed by atoms with Crippen molar-refractivity contribution in [2.75, 3.05) is 18.9 Å². The van der Waals surface area contributed by atoms with Gasteiger partial charge in [0, 0.05) is 12.7 Å². The summed E-state index contributed by atoms with van der Waals surface area (Å²) in [6.07, 6.45) is 1.78. The molecule has 94 valence electrons. The summed E-state index contributed by atoms with van der Waals surface area (Å²) in [7, 11) is 0. The number of ether oxygens (including phenoxy) is 1. The molecule has 3 N–H and O–H groups in total. The molecule has 1 aromatic rings. The molecule has 0 aliphatic heterocycles. The van der Waals surface area contributed by atoms with E-state index >= 15 is 0 Å². The van der Waals surface area contributed by atoms with Crippen molar-refractivity contribution in [3.8, 4) is 0 Å². The maximum absolute atomic E-state index is 11.4. The summed E-state index contributed by atoms with van der Waals surface area (Å²) in [5, 5.41) is 6.45. The summed E-state index contributed by atoms with van der Waals surface area (Å²) in [5.41, 5.74) is 5.40. The van der Waals surface area contributed by atoms with E-state index in [0.29, 0.717) is 12.4 Å². The van der Waals surface area contributed by atoms with Gasteiger partial charge in [0.25, 0.3) is 0 Å². The second-order valence-corrected chi connectivity index (χ2v) is 3.34. The highest BCUT2D eigenvalue weighted by molar-refractivity contribution is 5.76. The van der Waals surface area contributed by atoms with Crippen molar-refractivity contribution in [1.82, 2.24) is 15.1 Å². The van der Waals surface area contributed by atoms with Crippen LogP contribution in [0.15, 0.2) is 12.3 Å². The highest BCUT2D eigenvalue weighted by Crippen LogP contribution is 1.95. The van der Waals surface area contributed by atoms with Crippen molar-refractivity contribution in [3.63, 3.8) is 0 Å². The third-order valence-electron chi connectivity index (χ3n) is 1.92. The summed E-state index contributed by atoms with van der Waals surface area (Å²) in [5.74, 6) is -0.183. The quantitative estimate of drug-likeness (QED) is 0.655. The molecular weight excluding hydrogens is 224 g/mol. The third-order valence-corrected chi connectivity index (χ3v) is 1.92. The fourth-order valence-electron chi connectivity index (χ4n) is 1.21. The molecule has 0 aliphatic rings. The molecule has 0 unspecified atom stereocenters. The lowest BCUT2D eigenvalue weighted by atomic mass is 10.4. The molecule has 0 bridgehead atoms. The maximum atomic E-state index is 11.4. The fraction of sp³-hybridized carbons (Fsp3) is 0.500. The highest BCUT2D eigenvalue weighted by Gasteiger charge is 2.05. The first kappa shape index (κ1) is 13.0. The molecule has 0 aromatic carbocycles. The zero-order valence-electron chi connectivity index (χ0n) is 9.68. The number of amides is 1. The number of aromatic nitrogens is 2. The predicted molar refractivity (Wildman–Crippen MR) is 60.9 cm³/mol. The summed E-state index contributed by atoms with van der Waals surface area (Å²) in [4.78, 5) is 22.4. The molecule has 1 heterocycles. The van der Waals surface area contributed by atoms with Gasteiger partial charge in [-0.2, -0.15) is 5.10 Å². The van der Waals surface area contributed by atoms with Gasteiger partial charge in [-0.25, -0.2) is 0 Å². The average molecular weight is 240 g/mol. The van der Waals surface area contributed by atoms with Gasteiger partial charge in [0.15, 0.2) is 0 Å². The Hall–Kier alpha value is -2.05. The molecule has 1 rings (SSSR count). The molecule has 17 heavy (non-hydrogen) atoms. The number of carbonyl (C=O) groups excluding carboxylic acids is 2. The van der Waals surface area contributed by atoms with Gasteiger partial charge < -0.3 is 15.8 Å². The molecule has 7 heteroatoms. The third kappa shape index (κ3) is 5.01. The molecule has 1 aromatic heterocycles. The van der Waals surface area contributed by atoms with Crippen molar-refractivity contribution >= 4 is 17.7 Å². The van der Waals surface area contributed by atoms with E-state index in [1.807, 2.05) is 0 Å². The molecule has 0 aliphatic carbocycles. The van der Waals surface area contributed by atoms with Crippen LogP contribution in [0, 0.1) is 0 Å². The maximum Gasteiger partial charge on any atom is 0.307 e. The molecule has 7 nitrogen and oxygen atoms in total. The van der Waals surface area contributed by atoms with E-state index in [1.165, 1.54) is 4.68 Å². The van der Waals surface area contributed by atoms with Crippen LogP contribution in [0.25, 0.3) is 0 Å². The van der Waals surface area contributed by atoms with Crippen LogP contribution in [0.1, 0.15) is 13.3 Å². The van der Waals surface area contributed by atoms with E-state index in [1.54, 1.807) is 19.2 Å². The van der Waals surface area contributed by atoms with Crippen molar-refractivity contribution in [2.45, 2.75) is 19.9 Å². The van der Waals surface area contributed by atoms with E-state index < -0.39 is 0 Å². The number of nitrogen functional groups attached to an aromatic ring is 1. The SMILES string of the molecule is CCOC(=O)CCNC(=O)Cn1ccc(N)n1. The molecule has 0 saturated carbocycles. The first-order chi connectivity index (χ1) is 8.11. The molecule has 0 fully saturated rings. The Balaban J connectivity index is 2.19. The van der Waals surface area contributed by atoms with E-state index in [0.717, 1.165) is 0 Å². The number of nitrogens with zero attached hydrogens (tertiary/aromatic N) is 2. The minimum absolute atomic E-state index is 0.0834. The van der Waals surface area contributed by atoms with Crippen molar-refractivity contribution < 1.29 is 14.3 Å². The largest absolute Gasteiger partial charge is 0.466 e. The van der Waals surface area contributed by atoms with Gasteiger partial charge in [0.1, 0.15) is 12.4 Å². The molecular formula is C10H16N4O3. The first-order valence-electron chi connectivity index (χ1n) is 5.33. The Labute approximate surface area is 98.9 Å². The van der Waals surface area contributed by atoms with Gasteiger partial charge >= 0.3 is 5.97 Å². The van der Waals surface area contributed by atoms with Gasteiger partial charge in [-0.3, -0.25) is 14.3 Å². The topological polar surface area (TPSA) is 99.2 Å². The summed E-state index contributed by atoms with van der Waals surface area (Å²) in [6.45, 7) is 2.42. The van der Waals surface area contributed by atoms with Gasteiger partial charge in [0.2, 0.25) is 5.91 Å². The Morgan fingerprint density at radius 2 is 2.35 bits per heavy atom. The van der Waals surface area contributed by atoms with Crippen molar-refractivity contribution in [1.29, 1.82) is 0 Å². The van der Waals surface area contributed by atoms with Crippen LogP contribution in [0.5, 0.6) is 0 Å². The zero-order chi connectivity index (χ0) is 12.7. The van der Waals surface area contributed by atoms with Gasteiger partial charge in [-0.05, 0) is 13.0 Å². The summed E-state index contributed by atoms with van der Waals surface area (Å²) in [6, 6.07) is 1.60. The van der Waals surface area contributed by atoms with E-state index in [2.05, 4.69) is 10.4 Å². The number of nitrogens with one attached hydrogen (secondary N) is 1. The lowest BCUT2D eigenvalue weighted by Gasteiger charge is -2.05. The minimum Gasteiger partial charge on any atom is -0.466 e. The first-order valence-corrected chi connectivity index (χ1v) is 5.33. The standard InChI is InChI=1S/C10H16N4O3/c1-2-17-10(16)3-5-12-9(15)7-14-6-4-8(11)13-14/h4,6H,2-3,5,7H2,1H3,(H2,11,13)(H,12,15). The molecule has 0 saturated heterocycles. The van der Waals surface area contributed by atoms with Crippen LogP contribution in [0.2, 0.25) is 0 Å². The van der Waals surface area contributed by atoms with Gasteiger partial charge in [0.05, 0.1) is 13.0 Å². The Kier molecular flexibility index (Phi) is 4.99. The smallest absolute Gasteiger partial charge is 0.307 e. The molecule has 0 radical (unpaired) electrons. The minimum atomic E-state index is -0.323. The van der Waals surface area contributed by atoms with E-state index in [4.69, 9.17) is 10.5 Å². The number of hydrogen-bond donors (Lipinski definition) is 2. The number of carbonyl (C=O) groups is 2. The Bertz CT molecular complexity index is 389. The highest BCUT2D eigenvalue weighted by atomic mass is 16.5. The zero-order valence-corrected chi connectivity index (χ0v) is 9.68. The second-order valence-electron chi connectivity index (χ2n) is 3.34. The fourth-order valence-corrected chi connectivity index (χ4v) is 1.21. The van der Waals surface area contributed by atoms with Crippen LogP contribution in [-0.2, 0) is 20.9 Å². The molecule has 0 atom stereocenters. The van der Waals surface area contributed by atoms with E-state index in [-0.39, 0.29) is 31.4 Å². The molecule has 1 amide bonds. The van der Waals surface area contributed by atoms with Crippen LogP contribution < -0.4 is 11.1 Å². The second kappa shape index (κ2) is 6.51. The Morgan fingerprint density at radius 3 is 2.94 bits per heavy atom. The van der Waals surface area contributed by atoms with E-state index in [9.17, 15) is 9.59 Å². The van der Waals surface area contributed by atoms with Crippen LogP contribution in [0.3, 0.4) is 0 Å². The average Bonchev–Trinajstić information content (AvgIpc) is 2.64. The number of rotatable bonds is 6.